The highest BCUT2D eigenvalue weighted by atomic mass is 32.2. The van der Waals surface area contributed by atoms with Gasteiger partial charge in [-0.05, 0) is 25.0 Å². The van der Waals surface area contributed by atoms with Gasteiger partial charge in [0.2, 0.25) is 5.95 Å². The SMILES string of the molecule is COc1nc(C)nc(NC(=O)NS(=O)(=O)c2ccccc2CCC(F)(F)F)n1. The molecule has 0 spiro atoms. The number of amides is 2. The number of nitrogens with one attached hydrogen (secondary N) is 2. The molecule has 0 bridgehead atoms. The molecule has 2 rings (SSSR count). The summed E-state index contributed by atoms with van der Waals surface area (Å²) in [7, 11) is -3.14. The van der Waals surface area contributed by atoms with Gasteiger partial charge in [0.15, 0.2) is 0 Å². The fraction of sp³-hybridized carbons (Fsp3) is 0.333. The van der Waals surface area contributed by atoms with Crippen LogP contribution in [-0.4, -0.2) is 42.7 Å². The monoisotopic (exact) mass is 419 g/mol. The first kappa shape index (κ1) is 21.3. The second-order valence-electron chi connectivity index (χ2n) is 5.48. The first-order valence-corrected chi connectivity index (χ1v) is 9.23. The molecule has 0 saturated heterocycles. The number of alkyl halides is 3. The van der Waals surface area contributed by atoms with E-state index in [1.807, 2.05) is 0 Å². The number of benzene rings is 1. The van der Waals surface area contributed by atoms with Gasteiger partial charge in [-0.15, -0.1) is 0 Å². The Bertz CT molecular complexity index is 966. The van der Waals surface area contributed by atoms with Gasteiger partial charge in [0.25, 0.3) is 10.0 Å². The van der Waals surface area contributed by atoms with Crippen molar-refractivity contribution in [3.05, 3.63) is 35.7 Å². The second-order valence-corrected chi connectivity index (χ2v) is 7.13. The molecule has 2 aromatic rings. The van der Waals surface area contributed by atoms with Crippen molar-refractivity contribution in [3.63, 3.8) is 0 Å². The zero-order valence-electron chi connectivity index (χ0n) is 14.7. The van der Waals surface area contributed by atoms with Crippen molar-refractivity contribution in [2.45, 2.75) is 30.8 Å². The number of carbonyl (C=O) groups excluding carboxylic acids is 1. The van der Waals surface area contributed by atoms with Gasteiger partial charge in [-0.25, -0.2) is 17.9 Å². The van der Waals surface area contributed by atoms with Crippen LogP contribution in [0.25, 0.3) is 0 Å². The Labute approximate surface area is 158 Å². The van der Waals surface area contributed by atoms with Crippen molar-refractivity contribution in [2.75, 3.05) is 12.4 Å². The number of rotatable bonds is 6. The predicted molar refractivity (Wildman–Crippen MR) is 91.3 cm³/mol. The topological polar surface area (TPSA) is 123 Å². The zero-order valence-corrected chi connectivity index (χ0v) is 15.6. The summed E-state index contributed by atoms with van der Waals surface area (Å²) in [5.41, 5.74) is -0.0715. The molecule has 0 fully saturated rings. The maximum atomic E-state index is 12.5. The number of hydrogen-bond donors (Lipinski definition) is 2. The van der Waals surface area contributed by atoms with Crippen molar-refractivity contribution in [3.8, 4) is 6.01 Å². The average Bonchev–Trinajstić information content (AvgIpc) is 2.58. The second kappa shape index (κ2) is 8.37. The Hall–Kier alpha value is -2.96. The summed E-state index contributed by atoms with van der Waals surface area (Å²) in [6.07, 6.45) is -6.20. The van der Waals surface area contributed by atoms with Crippen LogP contribution in [-0.2, 0) is 16.4 Å². The fourth-order valence-electron chi connectivity index (χ4n) is 2.16. The molecule has 2 amide bonds. The summed E-state index contributed by atoms with van der Waals surface area (Å²) in [5.74, 6) is -0.0510. The predicted octanol–water partition coefficient (Wildman–Crippen LogP) is 2.19. The third-order valence-corrected chi connectivity index (χ3v) is 4.73. The number of hydrogen-bond acceptors (Lipinski definition) is 7. The molecular formula is C15H16F3N5O4S. The van der Waals surface area contributed by atoms with Crippen molar-refractivity contribution in [1.82, 2.24) is 19.7 Å². The summed E-state index contributed by atoms with van der Waals surface area (Å²) in [5, 5.41) is 2.11. The largest absolute Gasteiger partial charge is 0.467 e. The van der Waals surface area contributed by atoms with Crippen molar-refractivity contribution < 1.29 is 31.1 Å². The number of aromatic nitrogens is 3. The highest BCUT2D eigenvalue weighted by Crippen LogP contribution is 2.25. The number of carbonyl (C=O) groups is 1. The lowest BCUT2D eigenvalue weighted by Crippen LogP contribution is -2.35. The van der Waals surface area contributed by atoms with E-state index in [9.17, 15) is 26.4 Å². The first-order valence-electron chi connectivity index (χ1n) is 7.75. The van der Waals surface area contributed by atoms with Crippen LogP contribution in [0.4, 0.5) is 23.9 Å². The average molecular weight is 419 g/mol. The normalized spacial score (nSPS) is 11.8. The Balaban J connectivity index is 2.17. The van der Waals surface area contributed by atoms with Gasteiger partial charge in [0.1, 0.15) is 5.82 Å². The third kappa shape index (κ3) is 6.04. The number of sulfonamides is 1. The number of urea groups is 1. The standard InChI is InChI=1S/C15H16F3N5O4S/c1-9-19-12(22-14(20-9)27-2)21-13(24)23-28(25,26)11-6-4-3-5-10(11)7-8-15(16,17)18/h3-6H,7-8H2,1-2H3,(H2,19,20,21,22,23,24). The molecule has 0 aliphatic carbocycles. The molecule has 9 nitrogen and oxygen atoms in total. The minimum atomic E-state index is -4.45. The van der Waals surface area contributed by atoms with Crippen molar-refractivity contribution >= 4 is 22.0 Å². The Morgan fingerprint density at radius 1 is 1.18 bits per heavy atom. The van der Waals surface area contributed by atoms with Gasteiger partial charge in [-0.2, -0.15) is 28.1 Å². The lowest BCUT2D eigenvalue weighted by atomic mass is 10.1. The highest BCUT2D eigenvalue weighted by molar-refractivity contribution is 7.90. The van der Waals surface area contributed by atoms with Gasteiger partial charge in [-0.1, -0.05) is 18.2 Å². The minimum Gasteiger partial charge on any atom is -0.467 e. The van der Waals surface area contributed by atoms with E-state index in [2.05, 4.69) is 20.3 Å². The van der Waals surface area contributed by atoms with Gasteiger partial charge >= 0.3 is 18.2 Å². The molecule has 1 aromatic carbocycles. The molecular weight excluding hydrogens is 403 g/mol. The molecule has 28 heavy (non-hydrogen) atoms. The number of methoxy groups -OCH3 is 1. The summed E-state index contributed by atoms with van der Waals surface area (Å²) >= 11 is 0. The molecule has 1 aromatic heterocycles. The lowest BCUT2D eigenvalue weighted by Gasteiger charge is -2.13. The van der Waals surface area contributed by atoms with Crippen LogP contribution in [0.5, 0.6) is 6.01 Å². The number of ether oxygens (including phenoxy) is 1. The molecule has 13 heteroatoms. The smallest absolute Gasteiger partial charge is 0.389 e. The van der Waals surface area contributed by atoms with E-state index in [4.69, 9.17) is 4.74 Å². The fourth-order valence-corrected chi connectivity index (χ4v) is 3.34. The van der Waals surface area contributed by atoms with E-state index in [0.717, 1.165) is 6.07 Å². The number of nitrogens with zero attached hydrogens (tertiary/aromatic N) is 3. The molecule has 0 unspecified atom stereocenters. The summed E-state index contributed by atoms with van der Waals surface area (Å²) in [6, 6.07) is 3.81. The van der Waals surface area contributed by atoms with Crippen LogP contribution in [0.15, 0.2) is 29.2 Å². The zero-order chi connectivity index (χ0) is 20.9. The molecule has 0 aliphatic rings. The van der Waals surface area contributed by atoms with Crippen LogP contribution in [0, 0.1) is 6.92 Å². The molecule has 0 aliphatic heterocycles. The summed E-state index contributed by atoms with van der Waals surface area (Å²) in [4.78, 5) is 22.9. The number of halogens is 3. The van der Waals surface area contributed by atoms with Crippen LogP contribution in [0.2, 0.25) is 0 Å². The molecule has 0 atom stereocenters. The van der Waals surface area contributed by atoms with Gasteiger partial charge in [0.05, 0.1) is 12.0 Å². The maximum absolute atomic E-state index is 12.5. The van der Waals surface area contributed by atoms with Crippen LogP contribution >= 0.6 is 0 Å². The molecule has 0 radical (unpaired) electrons. The van der Waals surface area contributed by atoms with E-state index in [-0.39, 0.29) is 23.3 Å². The molecule has 2 N–H and O–H groups in total. The summed E-state index contributed by atoms with van der Waals surface area (Å²) < 4.78 is 68.8. The minimum absolute atomic E-state index is 0.0715. The first-order chi connectivity index (χ1) is 13.0. The number of anilines is 1. The van der Waals surface area contributed by atoms with E-state index >= 15 is 0 Å². The van der Waals surface area contributed by atoms with Gasteiger partial charge in [0, 0.05) is 6.42 Å². The van der Waals surface area contributed by atoms with Gasteiger partial charge in [-0.3, -0.25) is 5.32 Å². The third-order valence-electron chi connectivity index (χ3n) is 3.30. The molecule has 0 saturated carbocycles. The van der Waals surface area contributed by atoms with Crippen molar-refractivity contribution in [2.24, 2.45) is 0 Å². The van der Waals surface area contributed by atoms with E-state index in [1.165, 1.54) is 32.2 Å². The van der Waals surface area contributed by atoms with Gasteiger partial charge < -0.3 is 4.74 Å². The van der Waals surface area contributed by atoms with Crippen LogP contribution in [0.1, 0.15) is 17.8 Å². The van der Waals surface area contributed by atoms with Crippen LogP contribution in [0.3, 0.4) is 0 Å². The number of aryl methyl sites for hydroxylation is 2. The highest BCUT2D eigenvalue weighted by Gasteiger charge is 2.28. The van der Waals surface area contributed by atoms with E-state index in [0.29, 0.717) is 0 Å². The molecule has 152 valence electrons. The van der Waals surface area contributed by atoms with Crippen molar-refractivity contribution in [1.29, 1.82) is 0 Å². The molecule has 1 heterocycles. The van der Waals surface area contributed by atoms with E-state index in [1.54, 1.807) is 4.72 Å². The quantitative estimate of drug-likeness (QED) is 0.736. The summed E-state index contributed by atoms with van der Waals surface area (Å²) in [6.45, 7) is 1.50. The Kier molecular flexibility index (Phi) is 6.38. The maximum Gasteiger partial charge on any atom is 0.389 e. The Morgan fingerprint density at radius 2 is 1.86 bits per heavy atom. The Morgan fingerprint density at radius 3 is 2.50 bits per heavy atom. The van der Waals surface area contributed by atoms with E-state index < -0.39 is 40.0 Å². The lowest BCUT2D eigenvalue weighted by molar-refractivity contribution is -0.134. The van der Waals surface area contributed by atoms with Crippen LogP contribution < -0.4 is 14.8 Å².